The van der Waals surface area contributed by atoms with Crippen molar-refractivity contribution in [2.45, 2.75) is 71.1 Å². The van der Waals surface area contributed by atoms with Gasteiger partial charge in [0.1, 0.15) is 5.60 Å². The number of nitrogens with zero attached hydrogens (tertiary/aromatic N) is 1. The fraction of sp³-hybridized carbons (Fsp3) is 0.867. The molecule has 1 rings (SSSR count). The summed E-state index contributed by atoms with van der Waals surface area (Å²) < 4.78 is 5.46. The van der Waals surface area contributed by atoms with E-state index in [0.717, 1.165) is 25.7 Å². The van der Waals surface area contributed by atoms with Gasteiger partial charge in [-0.3, -0.25) is 4.79 Å². The molecule has 1 aliphatic rings. The molecule has 1 saturated heterocycles. The van der Waals surface area contributed by atoms with Gasteiger partial charge < -0.3 is 20.1 Å². The summed E-state index contributed by atoms with van der Waals surface area (Å²) in [6.45, 7) is 8.19. The largest absolute Gasteiger partial charge is 0.480 e. The first-order valence-electron chi connectivity index (χ1n) is 7.64. The van der Waals surface area contributed by atoms with Gasteiger partial charge in [-0.05, 0) is 53.4 Å². The molecule has 2 unspecified atom stereocenters. The van der Waals surface area contributed by atoms with Crippen LogP contribution in [-0.2, 0) is 9.53 Å². The van der Waals surface area contributed by atoms with Crippen molar-refractivity contribution in [3.63, 3.8) is 0 Å². The smallest absolute Gasteiger partial charge is 0.410 e. The Labute approximate surface area is 126 Å². The standard InChI is InChI=1S/C15H28N2O4/c1-11(16-10-13(18)19)9-12-7-5-6-8-17(12)14(20)21-15(2,3)4/h11-12,16H,5-10H2,1-4H3,(H,18,19). The quantitative estimate of drug-likeness (QED) is 0.814. The Balaban J connectivity index is 2.56. The monoisotopic (exact) mass is 300 g/mol. The third-order valence-electron chi connectivity index (χ3n) is 3.48. The van der Waals surface area contributed by atoms with Gasteiger partial charge in [0.05, 0.1) is 6.54 Å². The molecule has 6 heteroatoms. The molecule has 0 aromatic rings. The van der Waals surface area contributed by atoms with Crippen LogP contribution in [0.5, 0.6) is 0 Å². The summed E-state index contributed by atoms with van der Waals surface area (Å²) >= 11 is 0. The van der Waals surface area contributed by atoms with E-state index in [2.05, 4.69) is 5.32 Å². The fourth-order valence-electron chi connectivity index (χ4n) is 2.56. The van der Waals surface area contributed by atoms with Gasteiger partial charge in [-0.1, -0.05) is 0 Å². The molecule has 0 bridgehead atoms. The molecule has 6 nitrogen and oxygen atoms in total. The number of aliphatic carboxylic acids is 1. The first-order valence-corrected chi connectivity index (χ1v) is 7.64. The number of rotatable bonds is 5. The van der Waals surface area contributed by atoms with Crippen molar-refractivity contribution in [3.05, 3.63) is 0 Å². The molecule has 2 N–H and O–H groups in total. The molecule has 122 valence electrons. The number of ether oxygens (including phenoxy) is 1. The van der Waals surface area contributed by atoms with Gasteiger partial charge >= 0.3 is 12.1 Å². The van der Waals surface area contributed by atoms with Gasteiger partial charge in [0, 0.05) is 18.6 Å². The Kier molecular flexibility index (Phi) is 6.45. The summed E-state index contributed by atoms with van der Waals surface area (Å²) in [5.74, 6) is -0.866. The van der Waals surface area contributed by atoms with Crippen LogP contribution in [0.25, 0.3) is 0 Å². The van der Waals surface area contributed by atoms with E-state index in [4.69, 9.17) is 9.84 Å². The van der Waals surface area contributed by atoms with Crippen molar-refractivity contribution in [2.24, 2.45) is 0 Å². The SMILES string of the molecule is CC(CC1CCCCN1C(=O)OC(C)(C)C)NCC(=O)O. The molecule has 1 fully saturated rings. The molecular formula is C15H28N2O4. The highest BCUT2D eigenvalue weighted by Gasteiger charge is 2.31. The van der Waals surface area contributed by atoms with Crippen LogP contribution in [0.2, 0.25) is 0 Å². The summed E-state index contributed by atoms with van der Waals surface area (Å²) in [4.78, 5) is 24.6. The van der Waals surface area contributed by atoms with E-state index in [1.807, 2.05) is 27.7 Å². The molecule has 0 aromatic heterocycles. The molecule has 0 radical (unpaired) electrons. The van der Waals surface area contributed by atoms with Crippen molar-refractivity contribution < 1.29 is 19.4 Å². The average molecular weight is 300 g/mol. The Hall–Kier alpha value is -1.30. The number of carboxylic acids is 1. The number of hydrogen-bond donors (Lipinski definition) is 2. The number of carboxylic acid groups (broad SMARTS) is 1. The molecule has 0 spiro atoms. The zero-order valence-corrected chi connectivity index (χ0v) is 13.5. The van der Waals surface area contributed by atoms with Crippen LogP contribution in [0.3, 0.4) is 0 Å². The molecule has 0 aliphatic carbocycles. The van der Waals surface area contributed by atoms with E-state index in [9.17, 15) is 9.59 Å². The second-order valence-corrected chi connectivity index (χ2v) is 6.73. The Morgan fingerprint density at radius 2 is 2.05 bits per heavy atom. The third-order valence-corrected chi connectivity index (χ3v) is 3.48. The van der Waals surface area contributed by atoms with Gasteiger partial charge in [-0.25, -0.2) is 4.79 Å². The number of piperidine rings is 1. The second-order valence-electron chi connectivity index (χ2n) is 6.73. The highest BCUT2D eigenvalue weighted by Crippen LogP contribution is 2.23. The van der Waals surface area contributed by atoms with Crippen molar-refractivity contribution in [3.8, 4) is 0 Å². The molecule has 2 atom stereocenters. The average Bonchev–Trinajstić information content (AvgIpc) is 2.35. The highest BCUT2D eigenvalue weighted by atomic mass is 16.6. The molecular weight excluding hydrogens is 272 g/mol. The molecule has 21 heavy (non-hydrogen) atoms. The number of likely N-dealkylation sites (tertiary alicyclic amines) is 1. The van der Waals surface area contributed by atoms with E-state index in [0.29, 0.717) is 6.54 Å². The van der Waals surface area contributed by atoms with Crippen LogP contribution in [0, 0.1) is 0 Å². The van der Waals surface area contributed by atoms with Gasteiger partial charge in [0.2, 0.25) is 0 Å². The zero-order valence-electron chi connectivity index (χ0n) is 13.5. The number of carbonyl (C=O) groups is 2. The molecule has 1 amide bonds. The predicted octanol–water partition coefficient (Wildman–Crippen LogP) is 2.23. The number of hydrogen-bond acceptors (Lipinski definition) is 4. The first-order chi connectivity index (χ1) is 9.69. The number of nitrogens with one attached hydrogen (secondary N) is 1. The molecule has 0 saturated carbocycles. The van der Waals surface area contributed by atoms with Gasteiger partial charge in [-0.15, -0.1) is 0 Å². The minimum absolute atomic E-state index is 0.0501. The van der Waals surface area contributed by atoms with Crippen LogP contribution < -0.4 is 5.32 Å². The van der Waals surface area contributed by atoms with Crippen LogP contribution >= 0.6 is 0 Å². The number of carbonyl (C=O) groups excluding carboxylic acids is 1. The van der Waals surface area contributed by atoms with Crippen molar-refractivity contribution >= 4 is 12.1 Å². The van der Waals surface area contributed by atoms with Crippen LogP contribution in [-0.4, -0.2) is 52.8 Å². The van der Waals surface area contributed by atoms with E-state index >= 15 is 0 Å². The second kappa shape index (κ2) is 7.64. The van der Waals surface area contributed by atoms with Crippen LogP contribution in [0.15, 0.2) is 0 Å². The lowest BCUT2D eigenvalue weighted by Gasteiger charge is -2.38. The molecule has 0 aromatic carbocycles. The van der Waals surface area contributed by atoms with Crippen molar-refractivity contribution in [1.82, 2.24) is 10.2 Å². The van der Waals surface area contributed by atoms with E-state index in [1.54, 1.807) is 4.90 Å². The third kappa shape index (κ3) is 6.80. The minimum Gasteiger partial charge on any atom is -0.480 e. The molecule has 1 aliphatic heterocycles. The van der Waals surface area contributed by atoms with Crippen molar-refractivity contribution in [1.29, 1.82) is 0 Å². The van der Waals surface area contributed by atoms with E-state index in [1.165, 1.54) is 0 Å². The maximum Gasteiger partial charge on any atom is 0.410 e. The Bertz CT molecular complexity index is 365. The first kappa shape index (κ1) is 17.8. The lowest BCUT2D eigenvalue weighted by molar-refractivity contribution is -0.136. The molecule has 1 heterocycles. The summed E-state index contributed by atoms with van der Waals surface area (Å²) in [6.07, 6.45) is 3.50. The Morgan fingerprint density at radius 1 is 1.38 bits per heavy atom. The normalized spacial score (nSPS) is 21.0. The van der Waals surface area contributed by atoms with Crippen molar-refractivity contribution in [2.75, 3.05) is 13.1 Å². The van der Waals surface area contributed by atoms with E-state index < -0.39 is 11.6 Å². The Morgan fingerprint density at radius 3 is 2.62 bits per heavy atom. The maximum atomic E-state index is 12.3. The zero-order chi connectivity index (χ0) is 16.0. The summed E-state index contributed by atoms with van der Waals surface area (Å²) in [5, 5.41) is 11.6. The highest BCUT2D eigenvalue weighted by molar-refractivity contribution is 5.69. The van der Waals surface area contributed by atoms with Crippen LogP contribution in [0.1, 0.15) is 53.4 Å². The topological polar surface area (TPSA) is 78.9 Å². The summed E-state index contributed by atoms with van der Waals surface area (Å²) in [7, 11) is 0. The summed E-state index contributed by atoms with van der Waals surface area (Å²) in [6, 6.07) is 0.166. The van der Waals surface area contributed by atoms with E-state index in [-0.39, 0.29) is 24.7 Å². The van der Waals surface area contributed by atoms with Gasteiger partial charge in [0.15, 0.2) is 0 Å². The minimum atomic E-state index is -0.866. The number of amides is 1. The van der Waals surface area contributed by atoms with Gasteiger partial charge in [0.25, 0.3) is 0 Å². The lowest BCUT2D eigenvalue weighted by Crippen LogP contribution is -2.48. The predicted molar refractivity (Wildman–Crippen MR) is 80.3 cm³/mol. The maximum absolute atomic E-state index is 12.3. The van der Waals surface area contributed by atoms with Crippen LogP contribution in [0.4, 0.5) is 4.79 Å². The summed E-state index contributed by atoms with van der Waals surface area (Å²) in [5.41, 5.74) is -0.494. The van der Waals surface area contributed by atoms with Gasteiger partial charge in [-0.2, -0.15) is 0 Å². The lowest BCUT2D eigenvalue weighted by atomic mass is 9.97. The fourth-order valence-corrected chi connectivity index (χ4v) is 2.56.